The molecule has 4 amide bonds. The Labute approximate surface area is 151 Å². The van der Waals surface area contributed by atoms with E-state index >= 15 is 0 Å². The minimum atomic E-state index is -0.963. The predicted molar refractivity (Wildman–Crippen MR) is 94.0 cm³/mol. The molecule has 1 aromatic rings. The lowest BCUT2D eigenvalue weighted by molar-refractivity contribution is -0.149. The van der Waals surface area contributed by atoms with Gasteiger partial charge < -0.3 is 26.0 Å². The molecule has 0 bridgehead atoms. The summed E-state index contributed by atoms with van der Waals surface area (Å²) in [6, 6.07) is 7.24. The van der Waals surface area contributed by atoms with Gasteiger partial charge in [-0.2, -0.15) is 0 Å². The smallest absolute Gasteiger partial charge is 0.315 e. The van der Waals surface area contributed by atoms with Crippen molar-refractivity contribution in [3.05, 3.63) is 35.9 Å². The molecule has 4 N–H and O–H groups in total. The van der Waals surface area contributed by atoms with Gasteiger partial charge in [-0.05, 0) is 25.8 Å². The van der Waals surface area contributed by atoms with E-state index in [4.69, 9.17) is 0 Å². The van der Waals surface area contributed by atoms with Gasteiger partial charge in [0.2, 0.25) is 11.8 Å². The van der Waals surface area contributed by atoms with Crippen molar-refractivity contribution >= 4 is 17.8 Å². The highest BCUT2D eigenvalue weighted by Gasteiger charge is 2.47. The maximum atomic E-state index is 12.4. The van der Waals surface area contributed by atoms with Gasteiger partial charge in [-0.25, -0.2) is 4.79 Å². The molecule has 26 heavy (non-hydrogen) atoms. The molecule has 0 spiro atoms. The Bertz CT molecular complexity index is 694. The van der Waals surface area contributed by atoms with Crippen molar-refractivity contribution in [3.63, 3.8) is 0 Å². The molecule has 0 aliphatic carbocycles. The largest absolute Gasteiger partial charge is 0.391 e. The number of rotatable bonds is 4. The topological polar surface area (TPSA) is 111 Å². The highest BCUT2D eigenvalue weighted by molar-refractivity contribution is 5.98. The first-order valence-electron chi connectivity index (χ1n) is 8.77. The molecule has 2 fully saturated rings. The molecule has 1 aromatic carbocycles. The fourth-order valence-electron chi connectivity index (χ4n) is 3.50. The average Bonchev–Trinajstić information content (AvgIpc) is 3.03. The number of amides is 4. The van der Waals surface area contributed by atoms with Crippen molar-refractivity contribution in [3.8, 4) is 0 Å². The Kier molecular flexibility index (Phi) is 5.13. The summed E-state index contributed by atoms with van der Waals surface area (Å²) in [6.45, 7) is 3.61. The number of carbonyl (C=O) groups excluding carboxylic acids is 3. The lowest BCUT2D eigenvalue weighted by Gasteiger charge is -2.35. The molecule has 2 aliphatic heterocycles. The summed E-state index contributed by atoms with van der Waals surface area (Å²) in [6.07, 6.45) is -0.605. The van der Waals surface area contributed by atoms with Gasteiger partial charge in [0, 0.05) is 6.54 Å². The number of nitrogens with zero attached hydrogens (tertiary/aromatic N) is 1. The van der Waals surface area contributed by atoms with Crippen LogP contribution < -0.4 is 16.0 Å². The number of hydrogen-bond donors (Lipinski definition) is 4. The zero-order valence-electron chi connectivity index (χ0n) is 14.8. The molecule has 140 valence electrons. The first-order chi connectivity index (χ1) is 12.4. The van der Waals surface area contributed by atoms with Crippen LogP contribution in [-0.2, 0) is 9.59 Å². The average molecular weight is 360 g/mol. The van der Waals surface area contributed by atoms with E-state index in [1.807, 2.05) is 37.3 Å². The van der Waals surface area contributed by atoms with Gasteiger partial charge in [-0.3, -0.25) is 9.59 Å². The number of benzene rings is 1. The van der Waals surface area contributed by atoms with E-state index in [9.17, 15) is 19.5 Å². The monoisotopic (exact) mass is 360 g/mol. The van der Waals surface area contributed by atoms with Crippen LogP contribution in [0.4, 0.5) is 4.79 Å². The van der Waals surface area contributed by atoms with Gasteiger partial charge in [-0.15, -0.1) is 0 Å². The Morgan fingerprint density at radius 3 is 2.62 bits per heavy atom. The van der Waals surface area contributed by atoms with E-state index < -0.39 is 18.2 Å². The number of aliphatic hydroxyl groups excluding tert-OH is 1. The molecule has 3 rings (SSSR count). The molecule has 5 atom stereocenters. The number of urea groups is 1. The SMILES string of the molecule is C[C@H](NC(=O)N[C@H]1C[C@H]2C(=O)N[C@@H]([C@@H](C)O)C(=O)N2C1)c1ccccc1. The zero-order valence-corrected chi connectivity index (χ0v) is 14.8. The van der Waals surface area contributed by atoms with Crippen LogP contribution in [0.1, 0.15) is 31.9 Å². The molecule has 8 nitrogen and oxygen atoms in total. The summed E-state index contributed by atoms with van der Waals surface area (Å²) >= 11 is 0. The number of aliphatic hydroxyl groups is 1. The van der Waals surface area contributed by atoms with E-state index in [-0.39, 0.29) is 36.5 Å². The van der Waals surface area contributed by atoms with Crippen LogP contribution in [0.5, 0.6) is 0 Å². The van der Waals surface area contributed by atoms with Gasteiger partial charge in [0.1, 0.15) is 12.1 Å². The molecule has 8 heteroatoms. The molecule has 0 saturated carbocycles. The highest BCUT2D eigenvalue weighted by atomic mass is 16.3. The maximum Gasteiger partial charge on any atom is 0.315 e. The van der Waals surface area contributed by atoms with Gasteiger partial charge in [-0.1, -0.05) is 30.3 Å². The lowest BCUT2D eigenvalue weighted by atomic mass is 10.0. The third-order valence-corrected chi connectivity index (χ3v) is 4.92. The van der Waals surface area contributed by atoms with Crippen LogP contribution >= 0.6 is 0 Å². The highest BCUT2D eigenvalue weighted by Crippen LogP contribution is 2.23. The van der Waals surface area contributed by atoms with Gasteiger partial charge >= 0.3 is 6.03 Å². The van der Waals surface area contributed by atoms with Crippen molar-refractivity contribution < 1.29 is 19.5 Å². The molecule has 0 radical (unpaired) electrons. The third kappa shape index (κ3) is 3.65. The second-order valence-electron chi connectivity index (χ2n) is 6.92. The Morgan fingerprint density at radius 1 is 1.27 bits per heavy atom. The molecule has 0 unspecified atom stereocenters. The molecular weight excluding hydrogens is 336 g/mol. The minimum absolute atomic E-state index is 0.162. The van der Waals surface area contributed by atoms with Crippen molar-refractivity contribution in [2.24, 2.45) is 0 Å². The summed E-state index contributed by atoms with van der Waals surface area (Å²) in [5, 5.41) is 17.9. The fourth-order valence-corrected chi connectivity index (χ4v) is 3.50. The number of piperazine rings is 1. The van der Waals surface area contributed by atoms with Crippen molar-refractivity contribution in [2.45, 2.75) is 50.5 Å². The second kappa shape index (κ2) is 7.33. The number of fused-ring (bicyclic) bond motifs is 1. The lowest BCUT2D eigenvalue weighted by Crippen LogP contribution is -2.64. The number of nitrogens with one attached hydrogen (secondary N) is 3. The second-order valence-corrected chi connectivity index (χ2v) is 6.92. The van der Waals surface area contributed by atoms with E-state index in [1.165, 1.54) is 11.8 Å². The van der Waals surface area contributed by atoms with Crippen LogP contribution in [0.2, 0.25) is 0 Å². The van der Waals surface area contributed by atoms with Crippen molar-refractivity contribution in [2.75, 3.05) is 6.54 Å². The minimum Gasteiger partial charge on any atom is -0.391 e. The molecule has 0 aromatic heterocycles. The summed E-state index contributed by atoms with van der Waals surface area (Å²) in [5.41, 5.74) is 0.987. The van der Waals surface area contributed by atoms with Crippen LogP contribution in [0.25, 0.3) is 0 Å². The summed E-state index contributed by atoms with van der Waals surface area (Å²) in [7, 11) is 0. The van der Waals surface area contributed by atoms with Gasteiger partial charge in [0.05, 0.1) is 18.2 Å². The molecule has 2 heterocycles. The van der Waals surface area contributed by atoms with Crippen LogP contribution in [0.3, 0.4) is 0 Å². The molecule has 2 aliphatic rings. The first kappa shape index (κ1) is 18.2. The Balaban J connectivity index is 1.58. The summed E-state index contributed by atoms with van der Waals surface area (Å²) in [5.74, 6) is -0.607. The molecular formula is C18H24N4O4. The predicted octanol–water partition coefficient (Wildman–Crippen LogP) is -0.104. The van der Waals surface area contributed by atoms with E-state index in [0.29, 0.717) is 6.42 Å². The fraction of sp³-hybridized carbons (Fsp3) is 0.500. The van der Waals surface area contributed by atoms with Gasteiger partial charge in [0.15, 0.2) is 0 Å². The summed E-state index contributed by atoms with van der Waals surface area (Å²) < 4.78 is 0. The van der Waals surface area contributed by atoms with Crippen LogP contribution in [0.15, 0.2) is 30.3 Å². The standard InChI is InChI=1S/C18H24N4O4/c1-10(12-6-4-3-5-7-12)19-18(26)20-13-8-14-16(24)21-15(11(2)23)17(25)22(14)9-13/h3-7,10-11,13-15,23H,8-9H2,1-2H3,(H,21,24)(H2,19,20,26)/t10-,11+,13-,14-,15-/m0/s1. The Hall–Kier alpha value is -2.61. The number of hydrogen-bond acceptors (Lipinski definition) is 4. The normalized spacial score (nSPS) is 27.3. The van der Waals surface area contributed by atoms with E-state index in [1.54, 1.807) is 0 Å². The van der Waals surface area contributed by atoms with Crippen LogP contribution in [-0.4, -0.2) is 58.6 Å². The molecule has 2 saturated heterocycles. The summed E-state index contributed by atoms with van der Waals surface area (Å²) in [4.78, 5) is 38.3. The van der Waals surface area contributed by atoms with E-state index in [2.05, 4.69) is 16.0 Å². The first-order valence-corrected chi connectivity index (χ1v) is 8.77. The van der Waals surface area contributed by atoms with Gasteiger partial charge in [0.25, 0.3) is 0 Å². The third-order valence-electron chi connectivity index (χ3n) is 4.92. The van der Waals surface area contributed by atoms with Crippen molar-refractivity contribution in [1.29, 1.82) is 0 Å². The van der Waals surface area contributed by atoms with E-state index in [0.717, 1.165) is 5.56 Å². The maximum absolute atomic E-state index is 12.4. The zero-order chi connectivity index (χ0) is 18.8. The number of carbonyl (C=O) groups is 3. The quantitative estimate of drug-likeness (QED) is 0.601. The Morgan fingerprint density at radius 2 is 1.96 bits per heavy atom. The van der Waals surface area contributed by atoms with Crippen LogP contribution in [0, 0.1) is 0 Å². The van der Waals surface area contributed by atoms with Crippen molar-refractivity contribution in [1.82, 2.24) is 20.9 Å².